The summed E-state index contributed by atoms with van der Waals surface area (Å²) >= 11 is 0. The topological polar surface area (TPSA) is 89.3 Å². The minimum absolute atomic E-state index is 0.0168. The number of rotatable bonds is 6. The lowest BCUT2D eigenvalue weighted by Crippen LogP contribution is -2.12. The molecule has 1 N–H and O–H groups in total. The molecule has 8 heteroatoms. The van der Waals surface area contributed by atoms with Gasteiger partial charge in [0.1, 0.15) is 18.2 Å². The van der Waals surface area contributed by atoms with Gasteiger partial charge in [-0.15, -0.1) is 0 Å². The van der Waals surface area contributed by atoms with Crippen molar-refractivity contribution >= 4 is 26.8 Å². The Labute approximate surface area is 156 Å². The molecule has 0 bridgehead atoms. The van der Waals surface area contributed by atoms with E-state index in [1.165, 1.54) is 12.1 Å². The number of hydrogen-bond acceptors (Lipinski definition) is 4. The number of halogens is 1. The highest BCUT2D eigenvalue weighted by Gasteiger charge is 2.19. The Morgan fingerprint density at radius 3 is 2.44 bits per heavy atom. The molecule has 1 heterocycles. The molecular weight excluding hydrogens is 371 g/mol. The fourth-order valence-electron chi connectivity index (χ4n) is 2.97. The van der Waals surface area contributed by atoms with Crippen LogP contribution in [0.5, 0.6) is 0 Å². The minimum atomic E-state index is -3.63. The third-order valence-electron chi connectivity index (χ3n) is 4.18. The molecule has 0 saturated heterocycles. The Bertz CT molecular complexity index is 1100. The third-order valence-corrected chi connectivity index (χ3v) is 5.89. The maximum atomic E-state index is 13.0. The van der Waals surface area contributed by atoms with E-state index in [-0.39, 0.29) is 23.1 Å². The van der Waals surface area contributed by atoms with Gasteiger partial charge in [-0.1, -0.05) is 19.9 Å². The van der Waals surface area contributed by atoms with Gasteiger partial charge >= 0.3 is 5.97 Å². The molecule has 27 heavy (non-hydrogen) atoms. The van der Waals surface area contributed by atoms with E-state index in [0.717, 1.165) is 12.1 Å². The van der Waals surface area contributed by atoms with Crippen molar-refractivity contribution in [2.45, 2.75) is 37.0 Å². The molecule has 142 valence electrons. The van der Waals surface area contributed by atoms with Crippen LogP contribution < -0.4 is 0 Å². The number of fused-ring (bicyclic) bond motifs is 1. The molecule has 0 aliphatic rings. The van der Waals surface area contributed by atoms with E-state index in [9.17, 15) is 17.6 Å². The Kier molecular flexibility index (Phi) is 5.01. The Balaban J connectivity index is 1.99. The summed E-state index contributed by atoms with van der Waals surface area (Å²) in [7, 11) is -3.63. The summed E-state index contributed by atoms with van der Waals surface area (Å²) in [6.07, 6.45) is 0. The normalized spacial score (nSPS) is 12.0. The van der Waals surface area contributed by atoms with Gasteiger partial charge in [0, 0.05) is 5.92 Å². The molecule has 0 aliphatic carbocycles. The smallest absolute Gasteiger partial charge is 0.323 e. The van der Waals surface area contributed by atoms with E-state index >= 15 is 0 Å². The van der Waals surface area contributed by atoms with Gasteiger partial charge in [0.25, 0.3) is 0 Å². The quantitative estimate of drug-likeness (QED) is 0.652. The first kappa shape index (κ1) is 19.0. The zero-order chi connectivity index (χ0) is 19.8. The second kappa shape index (κ2) is 7.11. The molecule has 0 radical (unpaired) electrons. The van der Waals surface area contributed by atoms with Crippen LogP contribution in [0.2, 0.25) is 0 Å². The van der Waals surface area contributed by atoms with Crippen LogP contribution in [0.1, 0.15) is 31.2 Å². The number of carboxylic acids is 1. The average Bonchev–Trinajstić information content (AvgIpc) is 2.92. The maximum Gasteiger partial charge on any atom is 0.323 e. The monoisotopic (exact) mass is 390 g/mol. The van der Waals surface area contributed by atoms with Crippen LogP contribution in [0.25, 0.3) is 11.0 Å². The molecular formula is C19H19FN2O4S. The molecule has 3 aromatic rings. The molecule has 0 aliphatic heterocycles. The summed E-state index contributed by atoms with van der Waals surface area (Å²) < 4.78 is 39.7. The number of hydrogen-bond donors (Lipinski definition) is 1. The van der Waals surface area contributed by atoms with E-state index in [1.807, 2.05) is 13.8 Å². The van der Waals surface area contributed by atoms with Crippen molar-refractivity contribution in [3.63, 3.8) is 0 Å². The van der Waals surface area contributed by atoms with E-state index in [4.69, 9.17) is 5.11 Å². The number of aliphatic carboxylic acids is 1. The van der Waals surface area contributed by atoms with Crippen LogP contribution in [0.3, 0.4) is 0 Å². The molecule has 0 spiro atoms. The van der Waals surface area contributed by atoms with Crippen LogP contribution in [-0.4, -0.2) is 29.0 Å². The molecule has 0 unspecified atom stereocenters. The standard InChI is InChI=1S/C19H19FN2O4S/c1-12(2)19-21-16-9-13(3-8-17(16)22(19)10-18(23)24)11-27(25,26)15-6-4-14(20)5-7-15/h3-9,12H,10-11H2,1-2H3,(H,23,24). The van der Waals surface area contributed by atoms with Gasteiger partial charge in [0.2, 0.25) is 0 Å². The minimum Gasteiger partial charge on any atom is -0.480 e. The fraction of sp³-hybridized carbons (Fsp3) is 0.263. The van der Waals surface area contributed by atoms with Crippen molar-refractivity contribution in [1.82, 2.24) is 9.55 Å². The second-order valence-electron chi connectivity index (χ2n) is 6.64. The third kappa shape index (κ3) is 4.00. The summed E-state index contributed by atoms with van der Waals surface area (Å²) in [6.45, 7) is 3.62. The lowest BCUT2D eigenvalue weighted by atomic mass is 10.2. The molecule has 3 rings (SSSR count). The number of sulfone groups is 1. The summed E-state index contributed by atoms with van der Waals surface area (Å²) in [4.78, 5) is 15.7. The zero-order valence-corrected chi connectivity index (χ0v) is 15.7. The molecule has 0 atom stereocenters. The maximum absolute atomic E-state index is 13.0. The first-order valence-electron chi connectivity index (χ1n) is 8.36. The van der Waals surface area contributed by atoms with Crippen LogP contribution in [-0.2, 0) is 26.9 Å². The number of carboxylic acid groups (broad SMARTS) is 1. The highest BCUT2D eigenvalue weighted by molar-refractivity contribution is 7.90. The van der Waals surface area contributed by atoms with Crippen LogP contribution in [0.15, 0.2) is 47.4 Å². The van der Waals surface area contributed by atoms with Crippen molar-refractivity contribution in [3.8, 4) is 0 Å². The predicted molar refractivity (Wildman–Crippen MR) is 98.7 cm³/mol. The molecule has 0 saturated carbocycles. The number of benzene rings is 2. The van der Waals surface area contributed by atoms with Gasteiger partial charge in [-0.2, -0.15) is 0 Å². The summed E-state index contributed by atoms with van der Waals surface area (Å²) in [5.41, 5.74) is 1.72. The Morgan fingerprint density at radius 1 is 1.19 bits per heavy atom. The molecule has 0 amide bonds. The number of carbonyl (C=O) groups is 1. The summed E-state index contributed by atoms with van der Waals surface area (Å²) in [5.74, 6) is -1.08. The summed E-state index contributed by atoms with van der Waals surface area (Å²) in [5, 5.41) is 9.15. The van der Waals surface area contributed by atoms with Crippen molar-refractivity contribution in [2.75, 3.05) is 0 Å². The average molecular weight is 390 g/mol. The van der Waals surface area contributed by atoms with Crippen molar-refractivity contribution in [3.05, 3.63) is 59.7 Å². The Morgan fingerprint density at radius 2 is 1.85 bits per heavy atom. The second-order valence-corrected chi connectivity index (χ2v) is 8.63. The van der Waals surface area contributed by atoms with Crippen LogP contribution >= 0.6 is 0 Å². The number of aromatic nitrogens is 2. The van der Waals surface area contributed by atoms with E-state index in [1.54, 1.807) is 22.8 Å². The van der Waals surface area contributed by atoms with Gasteiger partial charge in [-0.3, -0.25) is 4.79 Å². The SMILES string of the molecule is CC(C)c1nc2cc(CS(=O)(=O)c3ccc(F)cc3)ccc2n1CC(=O)O. The molecule has 1 aromatic heterocycles. The molecule has 2 aromatic carbocycles. The van der Waals surface area contributed by atoms with Gasteiger partial charge in [0.15, 0.2) is 9.84 Å². The highest BCUT2D eigenvalue weighted by Crippen LogP contribution is 2.25. The van der Waals surface area contributed by atoms with Crippen molar-refractivity contribution in [1.29, 1.82) is 0 Å². The first-order chi connectivity index (χ1) is 12.7. The van der Waals surface area contributed by atoms with Gasteiger partial charge in [0.05, 0.1) is 21.7 Å². The van der Waals surface area contributed by atoms with Crippen molar-refractivity contribution < 1.29 is 22.7 Å². The van der Waals surface area contributed by atoms with Crippen molar-refractivity contribution in [2.24, 2.45) is 0 Å². The lowest BCUT2D eigenvalue weighted by Gasteiger charge is -2.09. The number of nitrogens with zero attached hydrogens (tertiary/aromatic N) is 2. The van der Waals surface area contributed by atoms with E-state index < -0.39 is 21.6 Å². The van der Waals surface area contributed by atoms with Gasteiger partial charge in [-0.05, 0) is 42.0 Å². The Hall–Kier alpha value is -2.74. The highest BCUT2D eigenvalue weighted by atomic mass is 32.2. The van der Waals surface area contributed by atoms with E-state index in [2.05, 4.69) is 4.98 Å². The van der Waals surface area contributed by atoms with E-state index in [0.29, 0.717) is 22.4 Å². The molecule has 0 fully saturated rings. The first-order valence-corrected chi connectivity index (χ1v) is 10.0. The predicted octanol–water partition coefficient (Wildman–Crippen LogP) is 3.36. The largest absolute Gasteiger partial charge is 0.480 e. The molecule has 6 nitrogen and oxygen atoms in total. The van der Waals surface area contributed by atoms with Crippen LogP contribution in [0.4, 0.5) is 4.39 Å². The zero-order valence-electron chi connectivity index (χ0n) is 14.9. The van der Waals surface area contributed by atoms with Gasteiger partial charge < -0.3 is 9.67 Å². The van der Waals surface area contributed by atoms with Crippen LogP contribution in [0, 0.1) is 5.82 Å². The lowest BCUT2D eigenvalue weighted by molar-refractivity contribution is -0.137. The fourth-order valence-corrected chi connectivity index (χ4v) is 4.31. The number of imidazole rings is 1. The van der Waals surface area contributed by atoms with Gasteiger partial charge in [-0.25, -0.2) is 17.8 Å². The summed E-state index contributed by atoms with van der Waals surface area (Å²) in [6, 6.07) is 9.68.